The monoisotopic (exact) mass is 483 g/mol. The van der Waals surface area contributed by atoms with Crippen LogP contribution >= 0.6 is 0 Å². The van der Waals surface area contributed by atoms with E-state index >= 15 is 0 Å². The smallest absolute Gasteiger partial charge is 0.315 e. The van der Waals surface area contributed by atoms with Crippen molar-refractivity contribution in [3.8, 4) is 0 Å². The van der Waals surface area contributed by atoms with Crippen molar-refractivity contribution < 1.29 is 24.6 Å². The number of aliphatic hydroxyl groups excluding tert-OH is 2. The van der Waals surface area contributed by atoms with Crippen LogP contribution in [0.4, 0.5) is 4.79 Å². The fraction of sp³-hybridized carbons (Fsp3) is 0.480. The number of nitrogens with one attached hydrogen (secondary N) is 4. The number of urea groups is 1. The molecule has 35 heavy (non-hydrogen) atoms. The van der Waals surface area contributed by atoms with Crippen LogP contribution in [0, 0.1) is 0 Å². The van der Waals surface area contributed by atoms with E-state index in [2.05, 4.69) is 20.9 Å². The topological polar surface area (TPSA) is 170 Å². The third-order valence-corrected chi connectivity index (χ3v) is 6.85. The highest BCUT2D eigenvalue weighted by Gasteiger charge is 2.35. The summed E-state index contributed by atoms with van der Waals surface area (Å²) in [6.07, 6.45) is 5.83. The second-order valence-electron chi connectivity index (χ2n) is 9.42. The molecule has 0 aliphatic heterocycles. The Hall–Kier alpha value is -3.37. The van der Waals surface area contributed by atoms with Crippen LogP contribution in [0.25, 0.3) is 10.9 Å². The lowest BCUT2D eigenvalue weighted by Crippen LogP contribution is -2.55. The fourth-order valence-electron chi connectivity index (χ4n) is 4.88. The number of H-pyrrole nitrogens is 1. The van der Waals surface area contributed by atoms with E-state index in [4.69, 9.17) is 5.73 Å². The minimum atomic E-state index is -1.26. The van der Waals surface area contributed by atoms with E-state index in [0.717, 1.165) is 48.6 Å². The van der Waals surface area contributed by atoms with Crippen LogP contribution in [0.2, 0.25) is 0 Å². The average molecular weight is 484 g/mol. The normalized spacial score (nSPS) is 23.8. The third-order valence-electron chi connectivity index (χ3n) is 6.85. The number of carbonyl (C=O) groups is 3. The summed E-state index contributed by atoms with van der Waals surface area (Å²) in [5, 5.41) is 29.8. The van der Waals surface area contributed by atoms with E-state index in [1.54, 1.807) is 6.20 Å². The average Bonchev–Trinajstić information content (AvgIpc) is 3.24. The van der Waals surface area contributed by atoms with Crippen LogP contribution in [-0.4, -0.2) is 63.4 Å². The highest BCUT2D eigenvalue weighted by Crippen LogP contribution is 2.22. The van der Waals surface area contributed by atoms with E-state index in [9.17, 15) is 24.6 Å². The zero-order valence-electron chi connectivity index (χ0n) is 19.5. The van der Waals surface area contributed by atoms with Gasteiger partial charge in [-0.2, -0.15) is 0 Å². The van der Waals surface area contributed by atoms with Gasteiger partial charge in [-0.1, -0.05) is 43.5 Å². The second-order valence-corrected chi connectivity index (χ2v) is 9.42. The maximum absolute atomic E-state index is 13.0. The minimum absolute atomic E-state index is 0.0713. The molecule has 0 unspecified atom stereocenters. The first-order valence-corrected chi connectivity index (χ1v) is 12.1. The number of hydrogen-bond acceptors (Lipinski definition) is 5. The Kier molecular flexibility index (Phi) is 7.72. The zero-order chi connectivity index (χ0) is 24.9. The molecule has 10 heteroatoms. The maximum atomic E-state index is 13.0. The molecule has 4 rings (SSSR count). The third kappa shape index (κ3) is 6.01. The van der Waals surface area contributed by atoms with Crippen molar-refractivity contribution in [2.75, 3.05) is 0 Å². The first-order chi connectivity index (χ1) is 16.8. The molecule has 1 heterocycles. The molecular formula is C25H33N5O5. The number of rotatable bonds is 7. The number of carbonyl (C=O) groups excluding carboxylic acids is 3. The van der Waals surface area contributed by atoms with Gasteiger partial charge in [-0.15, -0.1) is 0 Å². The Balaban J connectivity index is 1.42. The summed E-state index contributed by atoms with van der Waals surface area (Å²) in [4.78, 5) is 40.7. The molecule has 1 fully saturated rings. The Morgan fingerprint density at radius 3 is 2.57 bits per heavy atom. The Morgan fingerprint density at radius 1 is 1.09 bits per heavy atom. The summed E-state index contributed by atoms with van der Waals surface area (Å²) in [7, 11) is 0. The fourth-order valence-corrected chi connectivity index (χ4v) is 4.88. The maximum Gasteiger partial charge on any atom is 0.315 e. The quantitative estimate of drug-likeness (QED) is 0.307. The van der Waals surface area contributed by atoms with Crippen LogP contribution in [0.1, 0.15) is 44.1 Å². The number of benzene rings is 1. The Morgan fingerprint density at radius 2 is 1.83 bits per heavy atom. The number of primary amides is 1. The molecule has 1 aromatic heterocycles. The number of hydrogen-bond donors (Lipinski definition) is 7. The first kappa shape index (κ1) is 24.7. The predicted molar refractivity (Wildman–Crippen MR) is 130 cm³/mol. The highest BCUT2D eigenvalue weighted by atomic mass is 16.3. The zero-order valence-corrected chi connectivity index (χ0v) is 19.5. The summed E-state index contributed by atoms with van der Waals surface area (Å²) < 4.78 is 0. The molecule has 0 spiro atoms. The van der Waals surface area contributed by atoms with Gasteiger partial charge < -0.3 is 36.9 Å². The van der Waals surface area contributed by atoms with E-state index in [1.165, 1.54) is 6.08 Å². The van der Waals surface area contributed by atoms with Gasteiger partial charge in [0.1, 0.15) is 12.1 Å². The van der Waals surface area contributed by atoms with Gasteiger partial charge in [0.25, 0.3) is 0 Å². The molecule has 2 aromatic rings. The number of aromatic nitrogens is 1. The van der Waals surface area contributed by atoms with Crippen LogP contribution in [0.15, 0.2) is 42.1 Å². The van der Waals surface area contributed by atoms with Gasteiger partial charge in [0.05, 0.1) is 12.1 Å². The largest absolute Gasteiger partial charge is 0.390 e. The number of amides is 4. The number of aromatic amines is 1. The summed E-state index contributed by atoms with van der Waals surface area (Å²) in [5.41, 5.74) is 7.47. The van der Waals surface area contributed by atoms with E-state index in [1.807, 2.05) is 24.3 Å². The van der Waals surface area contributed by atoms with Crippen LogP contribution in [0.3, 0.4) is 0 Å². The van der Waals surface area contributed by atoms with Crippen LogP contribution in [-0.2, 0) is 16.0 Å². The van der Waals surface area contributed by atoms with Crippen molar-refractivity contribution in [3.63, 3.8) is 0 Å². The number of aliphatic hydroxyl groups is 2. The number of fused-ring (bicyclic) bond motifs is 1. The van der Waals surface area contributed by atoms with E-state index < -0.39 is 42.1 Å². The van der Waals surface area contributed by atoms with Gasteiger partial charge in [-0.3, -0.25) is 9.59 Å². The van der Waals surface area contributed by atoms with Crippen molar-refractivity contribution in [3.05, 3.63) is 47.7 Å². The second kappa shape index (κ2) is 10.9. The molecule has 4 amide bonds. The Labute approximate surface area is 203 Å². The first-order valence-electron chi connectivity index (χ1n) is 12.1. The molecule has 1 saturated carbocycles. The molecular weight excluding hydrogens is 450 g/mol. The van der Waals surface area contributed by atoms with E-state index in [0.29, 0.717) is 0 Å². The van der Waals surface area contributed by atoms with Crippen molar-refractivity contribution in [1.29, 1.82) is 0 Å². The number of para-hydroxylation sites is 1. The summed E-state index contributed by atoms with van der Waals surface area (Å²) in [6, 6.07) is 5.28. The van der Waals surface area contributed by atoms with Crippen molar-refractivity contribution in [1.82, 2.24) is 20.9 Å². The van der Waals surface area contributed by atoms with Gasteiger partial charge in [-0.05, 0) is 24.5 Å². The van der Waals surface area contributed by atoms with Crippen LogP contribution < -0.4 is 21.7 Å². The van der Waals surface area contributed by atoms with Gasteiger partial charge >= 0.3 is 6.03 Å². The molecule has 1 aromatic carbocycles. The predicted octanol–water partition coefficient (Wildman–Crippen LogP) is 0.733. The molecule has 0 bridgehead atoms. The van der Waals surface area contributed by atoms with Crippen molar-refractivity contribution >= 4 is 28.7 Å². The number of nitrogens with two attached hydrogens (primary N) is 1. The lowest BCUT2D eigenvalue weighted by molar-refractivity contribution is -0.125. The molecule has 4 atom stereocenters. The highest BCUT2D eigenvalue weighted by molar-refractivity contribution is 5.97. The molecule has 2 aliphatic carbocycles. The molecule has 8 N–H and O–H groups in total. The summed E-state index contributed by atoms with van der Waals surface area (Å²) in [6.45, 7) is 0. The lowest BCUT2D eigenvalue weighted by atomic mass is 9.89. The minimum Gasteiger partial charge on any atom is -0.390 e. The van der Waals surface area contributed by atoms with Crippen molar-refractivity contribution in [2.24, 2.45) is 5.73 Å². The molecule has 2 aliphatic rings. The van der Waals surface area contributed by atoms with Gasteiger partial charge in [0, 0.05) is 41.6 Å². The SMILES string of the molecule is NC(=O)[C@@H](Cc1c[nH]c2ccccc12)NC(=O)C1=C[C@@H](NC(=O)NC2CCCCC2)[C@@H](O)[C@H](O)C1. The van der Waals surface area contributed by atoms with Gasteiger partial charge in [0.15, 0.2) is 0 Å². The summed E-state index contributed by atoms with van der Waals surface area (Å²) in [5.74, 6) is -1.28. The molecule has 0 radical (unpaired) electrons. The summed E-state index contributed by atoms with van der Waals surface area (Å²) >= 11 is 0. The molecule has 188 valence electrons. The molecule has 0 saturated heterocycles. The van der Waals surface area contributed by atoms with E-state index in [-0.39, 0.29) is 24.5 Å². The van der Waals surface area contributed by atoms with Gasteiger partial charge in [0.2, 0.25) is 11.8 Å². The Bertz CT molecular complexity index is 1110. The standard InChI is InChI=1S/C25H33N5O5/c26-23(33)20(11-15-13-27-18-9-5-4-8-17(15)18)29-24(34)14-10-19(22(32)21(31)12-14)30-25(35)28-16-6-2-1-3-7-16/h4-5,8-10,13,16,19-22,27,31-32H,1-3,6-7,11-12H2,(H2,26,33)(H,29,34)(H2,28,30,35)/t19-,20-,21-,22-/m1/s1. The molecule has 10 nitrogen and oxygen atoms in total. The van der Waals surface area contributed by atoms with Crippen molar-refractivity contribution in [2.45, 2.75) is 75.3 Å². The lowest BCUT2D eigenvalue weighted by Gasteiger charge is -2.32. The van der Waals surface area contributed by atoms with Gasteiger partial charge in [-0.25, -0.2) is 4.79 Å². The van der Waals surface area contributed by atoms with Crippen LogP contribution in [0.5, 0.6) is 0 Å².